The van der Waals surface area contributed by atoms with Crippen molar-refractivity contribution in [2.24, 2.45) is 0 Å². The number of nitrogens with one attached hydrogen (secondary N) is 2. The smallest absolute Gasteiger partial charge is 0.303 e. The highest BCUT2D eigenvalue weighted by molar-refractivity contribution is 5.92. The molecule has 0 spiro atoms. The zero-order valence-electron chi connectivity index (χ0n) is 11.4. The van der Waals surface area contributed by atoms with E-state index in [1.165, 1.54) is 0 Å². The van der Waals surface area contributed by atoms with Crippen LogP contribution in [0.25, 0.3) is 0 Å². The van der Waals surface area contributed by atoms with Crippen molar-refractivity contribution in [1.29, 1.82) is 0 Å². The van der Waals surface area contributed by atoms with E-state index in [0.717, 1.165) is 13.1 Å². The Balaban J connectivity index is 1.78. The summed E-state index contributed by atoms with van der Waals surface area (Å²) in [5.41, 5.74) is 0.294. The van der Waals surface area contributed by atoms with Gasteiger partial charge in [0.1, 0.15) is 0 Å². The van der Waals surface area contributed by atoms with Crippen molar-refractivity contribution >= 4 is 11.9 Å². The van der Waals surface area contributed by atoms with Crippen LogP contribution < -0.4 is 10.6 Å². The molecule has 1 aromatic heterocycles. The normalized spacial score (nSPS) is 16.4. The number of hydrogen-bond donors (Lipinski definition) is 3. The average molecular weight is 281 g/mol. The van der Waals surface area contributed by atoms with Gasteiger partial charge in [0.05, 0.1) is 12.2 Å². The fourth-order valence-electron chi connectivity index (χ4n) is 1.95. The standard InChI is InChI=1S/C12H19N5O3/c1-8(3-2-4-11(18)19)14-12(20)10-7-17(16-15-10)9-5-13-6-9/h7-9,13H,2-6H2,1H3,(H,14,20)(H,18,19). The van der Waals surface area contributed by atoms with Crippen molar-refractivity contribution < 1.29 is 14.7 Å². The summed E-state index contributed by atoms with van der Waals surface area (Å²) in [7, 11) is 0. The van der Waals surface area contributed by atoms with E-state index in [1.807, 2.05) is 6.92 Å². The maximum absolute atomic E-state index is 11.9. The zero-order valence-corrected chi connectivity index (χ0v) is 11.4. The van der Waals surface area contributed by atoms with E-state index in [1.54, 1.807) is 10.9 Å². The number of aromatic nitrogens is 3. The third kappa shape index (κ3) is 3.77. The molecule has 0 radical (unpaired) electrons. The van der Waals surface area contributed by atoms with Gasteiger partial charge < -0.3 is 15.7 Å². The Labute approximate surface area is 116 Å². The summed E-state index contributed by atoms with van der Waals surface area (Å²) in [6, 6.07) is 0.189. The number of hydrogen-bond acceptors (Lipinski definition) is 5. The highest BCUT2D eigenvalue weighted by Gasteiger charge is 2.22. The van der Waals surface area contributed by atoms with Gasteiger partial charge in [-0.2, -0.15) is 0 Å². The quantitative estimate of drug-likeness (QED) is 0.638. The molecule has 1 atom stereocenters. The molecule has 3 N–H and O–H groups in total. The van der Waals surface area contributed by atoms with Gasteiger partial charge in [0, 0.05) is 25.6 Å². The Hall–Kier alpha value is -1.96. The molecule has 0 aliphatic carbocycles. The van der Waals surface area contributed by atoms with Gasteiger partial charge >= 0.3 is 5.97 Å². The first-order chi connectivity index (χ1) is 9.56. The molecule has 20 heavy (non-hydrogen) atoms. The van der Waals surface area contributed by atoms with E-state index in [4.69, 9.17) is 5.11 Å². The zero-order chi connectivity index (χ0) is 14.5. The second-order valence-electron chi connectivity index (χ2n) is 5.06. The monoisotopic (exact) mass is 281 g/mol. The minimum atomic E-state index is -0.819. The number of nitrogens with zero attached hydrogens (tertiary/aromatic N) is 3. The first-order valence-corrected chi connectivity index (χ1v) is 6.71. The third-order valence-corrected chi connectivity index (χ3v) is 3.28. The van der Waals surface area contributed by atoms with Crippen molar-refractivity contribution in [2.45, 2.75) is 38.3 Å². The molecule has 110 valence electrons. The predicted molar refractivity (Wildman–Crippen MR) is 70.3 cm³/mol. The number of carboxylic acids is 1. The fourth-order valence-corrected chi connectivity index (χ4v) is 1.95. The van der Waals surface area contributed by atoms with Crippen LogP contribution in [0, 0.1) is 0 Å². The minimum absolute atomic E-state index is 0.0858. The predicted octanol–water partition coefficient (Wildman–Crippen LogP) is -0.204. The lowest BCUT2D eigenvalue weighted by Gasteiger charge is -2.26. The van der Waals surface area contributed by atoms with Crippen LogP contribution in [0.4, 0.5) is 0 Å². The van der Waals surface area contributed by atoms with Crippen LogP contribution in [0.3, 0.4) is 0 Å². The number of carbonyl (C=O) groups excluding carboxylic acids is 1. The van der Waals surface area contributed by atoms with Crippen molar-refractivity contribution in [3.05, 3.63) is 11.9 Å². The Morgan fingerprint density at radius 2 is 2.35 bits per heavy atom. The van der Waals surface area contributed by atoms with Gasteiger partial charge in [-0.15, -0.1) is 5.10 Å². The Bertz CT molecular complexity index is 483. The van der Waals surface area contributed by atoms with E-state index in [-0.39, 0.29) is 24.4 Å². The van der Waals surface area contributed by atoms with Crippen molar-refractivity contribution in [2.75, 3.05) is 13.1 Å². The molecule has 2 heterocycles. The van der Waals surface area contributed by atoms with E-state index in [2.05, 4.69) is 20.9 Å². The molecule has 8 nitrogen and oxygen atoms in total. The summed E-state index contributed by atoms with van der Waals surface area (Å²) < 4.78 is 1.69. The van der Waals surface area contributed by atoms with Crippen LogP contribution in [0.15, 0.2) is 6.20 Å². The van der Waals surface area contributed by atoms with Crippen LogP contribution in [-0.2, 0) is 4.79 Å². The van der Waals surface area contributed by atoms with Crippen molar-refractivity contribution in [1.82, 2.24) is 25.6 Å². The van der Waals surface area contributed by atoms with Gasteiger partial charge in [-0.05, 0) is 19.8 Å². The highest BCUT2D eigenvalue weighted by atomic mass is 16.4. The lowest BCUT2D eigenvalue weighted by Crippen LogP contribution is -2.43. The molecule has 2 rings (SSSR count). The topological polar surface area (TPSA) is 109 Å². The van der Waals surface area contributed by atoms with Crippen LogP contribution in [0.5, 0.6) is 0 Å². The summed E-state index contributed by atoms with van der Waals surface area (Å²) in [4.78, 5) is 22.3. The number of aliphatic carboxylic acids is 1. The summed E-state index contributed by atoms with van der Waals surface area (Å²) in [6.07, 6.45) is 2.92. The molecular weight excluding hydrogens is 262 g/mol. The van der Waals surface area contributed by atoms with Gasteiger partial charge in [0.2, 0.25) is 0 Å². The maximum Gasteiger partial charge on any atom is 0.303 e. The van der Waals surface area contributed by atoms with Gasteiger partial charge in [0.25, 0.3) is 5.91 Å². The summed E-state index contributed by atoms with van der Waals surface area (Å²) in [6.45, 7) is 3.53. The van der Waals surface area contributed by atoms with Crippen LogP contribution in [-0.4, -0.2) is 51.1 Å². The van der Waals surface area contributed by atoms with Crippen molar-refractivity contribution in [3.8, 4) is 0 Å². The number of amides is 1. The second kappa shape index (κ2) is 6.47. The van der Waals surface area contributed by atoms with Crippen LogP contribution in [0.2, 0.25) is 0 Å². The number of carbonyl (C=O) groups is 2. The Morgan fingerprint density at radius 1 is 1.60 bits per heavy atom. The molecule has 1 aliphatic rings. The number of rotatable bonds is 7. The lowest BCUT2D eigenvalue weighted by atomic mass is 10.1. The summed E-state index contributed by atoms with van der Waals surface area (Å²) >= 11 is 0. The van der Waals surface area contributed by atoms with E-state index in [9.17, 15) is 9.59 Å². The summed E-state index contributed by atoms with van der Waals surface area (Å²) in [5, 5.41) is 22.3. The van der Waals surface area contributed by atoms with Crippen LogP contribution >= 0.6 is 0 Å². The van der Waals surface area contributed by atoms with E-state index in [0.29, 0.717) is 18.5 Å². The first kappa shape index (κ1) is 14.4. The highest BCUT2D eigenvalue weighted by Crippen LogP contribution is 2.10. The molecule has 8 heteroatoms. The molecule has 1 unspecified atom stereocenters. The SMILES string of the molecule is CC(CCCC(=O)O)NC(=O)c1cn(C2CNC2)nn1. The maximum atomic E-state index is 11.9. The molecule has 0 bridgehead atoms. The summed E-state index contributed by atoms with van der Waals surface area (Å²) in [5.74, 6) is -1.09. The number of carboxylic acid groups (broad SMARTS) is 1. The largest absolute Gasteiger partial charge is 0.481 e. The second-order valence-corrected chi connectivity index (χ2v) is 5.06. The molecule has 1 amide bonds. The van der Waals surface area contributed by atoms with Gasteiger partial charge in [-0.1, -0.05) is 5.21 Å². The third-order valence-electron chi connectivity index (χ3n) is 3.28. The van der Waals surface area contributed by atoms with Gasteiger partial charge in [0.15, 0.2) is 5.69 Å². The Morgan fingerprint density at radius 3 is 2.95 bits per heavy atom. The first-order valence-electron chi connectivity index (χ1n) is 6.71. The Kier molecular flexibility index (Phi) is 4.67. The molecular formula is C12H19N5O3. The molecule has 1 fully saturated rings. The molecule has 1 aromatic rings. The molecule has 0 saturated carbocycles. The van der Waals surface area contributed by atoms with Crippen molar-refractivity contribution in [3.63, 3.8) is 0 Å². The molecule has 1 saturated heterocycles. The fraction of sp³-hybridized carbons (Fsp3) is 0.667. The molecule has 0 aromatic carbocycles. The van der Waals surface area contributed by atoms with Gasteiger partial charge in [-0.3, -0.25) is 9.59 Å². The van der Waals surface area contributed by atoms with E-state index >= 15 is 0 Å². The average Bonchev–Trinajstić information content (AvgIpc) is 2.75. The van der Waals surface area contributed by atoms with E-state index < -0.39 is 5.97 Å². The van der Waals surface area contributed by atoms with Crippen LogP contribution in [0.1, 0.15) is 42.7 Å². The molecule has 1 aliphatic heterocycles. The minimum Gasteiger partial charge on any atom is -0.481 e. The lowest BCUT2D eigenvalue weighted by molar-refractivity contribution is -0.137. The van der Waals surface area contributed by atoms with Gasteiger partial charge in [-0.25, -0.2) is 4.68 Å².